The molecule has 1 amide bonds. The molecule has 0 aromatic heterocycles. The zero-order valence-corrected chi connectivity index (χ0v) is 16.4. The number of ether oxygens (including phenoxy) is 1. The van der Waals surface area contributed by atoms with E-state index in [1.165, 1.54) is 17.7 Å². The van der Waals surface area contributed by atoms with Gasteiger partial charge in [-0.2, -0.15) is 0 Å². The third-order valence-electron chi connectivity index (χ3n) is 4.60. The topological polar surface area (TPSA) is 75.6 Å². The molecule has 0 saturated heterocycles. The summed E-state index contributed by atoms with van der Waals surface area (Å²) in [4.78, 5) is 23.5. The lowest BCUT2D eigenvalue weighted by Crippen LogP contribution is -2.23. The molecule has 0 aliphatic carbocycles. The van der Waals surface area contributed by atoms with E-state index in [2.05, 4.69) is 11.4 Å². The SMILES string of the molecule is Cc1cccc(COc2ccc(C)c(C(=O)NCc3ccc(C(=O)O)cc3)c2)c1. The third kappa shape index (κ3) is 5.45. The molecule has 148 valence electrons. The molecule has 2 N–H and O–H groups in total. The van der Waals surface area contributed by atoms with Crippen molar-refractivity contribution < 1.29 is 19.4 Å². The highest BCUT2D eigenvalue weighted by atomic mass is 16.5. The first-order valence-electron chi connectivity index (χ1n) is 9.32. The summed E-state index contributed by atoms with van der Waals surface area (Å²) in [6, 6.07) is 20.0. The average molecular weight is 389 g/mol. The maximum atomic E-state index is 12.6. The predicted molar refractivity (Wildman–Crippen MR) is 111 cm³/mol. The van der Waals surface area contributed by atoms with Gasteiger partial charge in [0.2, 0.25) is 0 Å². The van der Waals surface area contributed by atoms with Crippen molar-refractivity contribution in [2.75, 3.05) is 0 Å². The second-order valence-corrected chi connectivity index (χ2v) is 6.94. The Balaban J connectivity index is 1.63. The molecular weight excluding hydrogens is 366 g/mol. The first-order valence-corrected chi connectivity index (χ1v) is 9.32. The van der Waals surface area contributed by atoms with Crippen molar-refractivity contribution >= 4 is 11.9 Å². The lowest BCUT2D eigenvalue weighted by molar-refractivity contribution is 0.0696. The van der Waals surface area contributed by atoms with Crippen molar-refractivity contribution in [1.29, 1.82) is 0 Å². The van der Waals surface area contributed by atoms with Gasteiger partial charge in [0.15, 0.2) is 0 Å². The number of carbonyl (C=O) groups is 2. The van der Waals surface area contributed by atoms with Crippen molar-refractivity contribution in [2.45, 2.75) is 27.0 Å². The van der Waals surface area contributed by atoms with Crippen molar-refractivity contribution in [3.8, 4) is 5.75 Å². The normalized spacial score (nSPS) is 10.4. The second-order valence-electron chi connectivity index (χ2n) is 6.94. The minimum Gasteiger partial charge on any atom is -0.489 e. The molecule has 5 heteroatoms. The number of nitrogens with one attached hydrogen (secondary N) is 1. The van der Waals surface area contributed by atoms with Crippen molar-refractivity contribution in [2.24, 2.45) is 0 Å². The predicted octanol–water partition coefficient (Wildman–Crippen LogP) is 4.51. The number of aryl methyl sites for hydroxylation is 2. The van der Waals surface area contributed by atoms with Gasteiger partial charge in [0.05, 0.1) is 5.56 Å². The van der Waals surface area contributed by atoms with Gasteiger partial charge in [-0.15, -0.1) is 0 Å². The van der Waals surface area contributed by atoms with Crippen molar-refractivity contribution in [3.05, 3.63) is 100 Å². The molecule has 0 heterocycles. The summed E-state index contributed by atoms with van der Waals surface area (Å²) >= 11 is 0. The van der Waals surface area contributed by atoms with E-state index in [9.17, 15) is 9.59 Å². The average Bonchev–Trinajstić information content (AvgIpc) is 2.71. The Morgan fingerprint density at radius 3 is 2.38 bits per heavy atom. The first-order chi connectivity index (χ1) is 13.9. The molecule has 3 aromatic rings. The Morgan fingerprint density at radius 1 is 0.931 bits per heavy atom. The van der Waals surface area contributed by atoms with Crippen molar-refractivity contribution in [3.63, 3.8) is 0 Å². The van der Waals surface area contributed by atoms with Crippen LogP contribution >= 0.6 is 0 Å². The number of carbonyl (C=O) groups excluding carboxylic acids is 1. The Hall–Kier alpha value is -3.60. The molecular formula is C24H23NO4. The largest absolute Gasteiger partial charge is 0.489 e. The van der Waals surface area contributed by atoms with Crippen LogP contribution in [0.1, 0.15) is 43.0 Å². The van der Waals surface area contributed by atoms with Crippen LogP contribution in [0.4, 0.5) is 0 Å². The van der Waals surface area contributed by atoms with Gasteiger partial charge >= 0.3 is 5.97 Å². The van der Waals surface area contributed by atoms with E-state index in [0.717, 1.165) is 16.7 Å². The van der Waals surface area contributed by atoms with Crippen LogP contribution in [0.25, 0.3) is 0 Å². The third-order valence-corrected chi connectivity index (χ3v) is 4.60. The van der Waals surface area contributed by atoms with Gasteiger partial charge < -0.3 is 15.2 Å². The lowest BCUT2D eigenvalue weighted by atomic mass is 10.1. The van der Waals surface area contributed by atoms with Crippen LogP contribution in [-0.2, 0) is 13.2 Å². The molecule has 0 saturated carbocycles. The molecule has 0 aliphatic heterocycles. The molecule has 3 rings (SSSR count). The highest BCUT2D eigenvalue weighted by Crippen LogP contribution is 2.19. The van der Waals surface area contributed by atoms with Gasteiger partial charge in [0.1, 0.15) is 12.4 Å². The standard InChI is InChI=1S/C24H23NO4/c1-16-4-3-5-19(12-16)15-29-21-11-6-17(2)22(13-21)23(26)25-14-18-7-9-20(10-8-18)24(27)28/h3-13H,14-15H2,1-2H3,(H,25,26)(H,27,28). The summed E-state index contributed by atoms with van der Waals surface area (Å²) in [6.07, 6.45) is 0. The zero-order valence-electron chi connectivity index (χ0n) is 16.4. The molecule has 0 aliphatic rings. The van der Waals surface area contributed by atoms with Crippen LogP contribution in [0.2, 0.25) is 0 Å². The zero-order chi connectivity index (χ0) is 20.8. The summed E-state index contributed by atoms with van der Waals surface area (Å²) in [7, 11) is 0. The quantitative estimate of drug-likeness (QED) is 0.623. The van der Waals surface area contributed by atoms with Crippen LogP contribution in [0.3, 0.4) is 0 Å². The van der Waals surface area contributed by atoms with Gasteiger partial charge in [-0.05, 0) is 54.8 Å². The smallest absolute Gasteiger partial charge is 0.335 e. The van der Waals surface area contributed by atoms with Gasteiger partial charge in [-0.25, -0.2) is 4.79 Å². The van der Waals surface area contributed by atoms with Crippen LogP contribution in [0.15, 0.2) is 66.7 Å². The van der Waals surface area contributed by atoms with Gasteiger partial charge in [-0.3, -0.25) is 4.79 Å². The highest BCUT2D eigenvalue weighted by Gasteiger charge is 2.11. The molecule has 0 atom stereocenters. The monoisotopic (exact) mass is 389 g/mol. The van der Waals surface area contributed by atoms with Crippen LogP contribution < -0.4 is 10.1 Å². The minimum atomic E-state index is -0.973. The Labute approximate surface area is 170 Å². The minimum absolute atomic E-state index is 0.203. The Kier molecular flexibility index (Phi) is 6.29. The van der Waals surface area contributed by atoms with Crippen molar-refractivity contribution in [1.82, 2.24) is 5.32 Å². The second kappa shape index (κ2) is 9.06. The van der Waals surface area contributed by atoms with E-state index in [1.54, 1.807) is 18.2 Å². The summed E-state index contributed by atoms with van der Waals surface area (Å²) < 4.78 is 5.86. The van der Waals surface area contributed by atoms with E-state index >= 15 is 0 Å². The molecule has 0 unspecified atom stereocenters. The highest BCUT2D eigenvalue weighted by molar-refractivity contribution is 5.96. The van der Waals surface area contributed by atoms with Crippen LogP contribution in [0.5, 0.6) is 5.75 Å². The summed E-state index contributed by atoms with van der Waals surface area (Å²) in [5.41, 5.74) is 4.69. The van der Waals surface area contributed by atoms with E-state index in [0.29, 0.717) is 24.5 Å². The number of hydrogen-bond donors (Lipinski definition) is 2. The van der Waals surface area contributed by atoms with Gasteiger partial charge in [0.25, 0.3) is 5.91 Å². The fourth-order valence-corrected chi connectivity index (χ4v) is 2.95. The first kappa shape index (κ1) is 20.1. The Morgan fingerprint density at radius 2 is 1.69 bits per heavy atom. The van der Waals surface area contributed by atoms with Gasteiger partial charge in [-0.1, -0.05) is 48.0 Å². The maximum Gasteiger partial charge on any atom is 0.335 e. The number of carboxylic acid groups (broad SMARTS) is 1. The van der Waals surface area contributed by atoms with E-state index in [-0.39, 0.29) is 11.5 Å². The number of carboxylic acids is 1. The molecule has 0 fully saturated rings. The number of aromatic carboxylic acids is 1. The fourth-order valence-electron chi connectivity index (χ4n) is 2.95. The Bertz CT molecular complexity index is 1030. The summed E-state index contributed by atoms with van der Waals surface area (Å²) in [6.45, 7) is 4.65. The summed E-state index contributed by atoms with van der Waals surface area (Å²) in [5.74, 6) is -0.544. The van der Waals surface area contributed by atoms with Gasteiger partial charge in [0, 0.05) is 12.1 Å². The molecule has 0 radical (unpaired) electrons. The number of rotatable bonds is 7. The maximum absolute atomic E-state index is 12.6. The van der Waals surface area contributed by atoms with E-state index in [4.69, 9.17) is 9.84 Å². The molecule has 3 aromatic carbocycles. The van der Waals surface area contributed by atoms with Crippen LogP contribution in [-0.4, -0.2) is 17.0 Å². The molecule has 29 heavy (non-hydrogen) atoms. The summed E-state index contributed by atoms with van der Waals surface area (Å²) in [5, 5.41) is 11.8. The fraction of sp³-hybridized carbons (Fsp3) is 0.167. The number of hydrogen-bond acceptors (Lipinski definition) is 3. The van der Waals surface area contributed by atoms with Crippen LogP contribution in [0, 0.1) is 13.8 Å². The molecule has 0 spiro atoms. The molecule has 0 bridgehead atoms. The molecule has 5 nitrogen and oxygen atoms in total. The number of benzene rings is 3. The van der Waals surface area contributed by atoms with E-state index < -0.39 is 5.97 Å². The number of amides is 1. The van der Waals surface area contributed by atoms with E-state index in [1.807, 2.05) is 44.2 Å². The lowest BCUT2D eigenvalue weighted by Gasteiger charge is -2.12.